The predicted octanol–water partition coefficient (Wildman–Crippen LogP) is 1.04. The molecule has 2 N–H and O–H groups in total. The van der Waals surface area contributed by atoms with E-state index in [9.17, 15) is 18.4 Å². The van der Waals surface area contributed by atoms with Crippen LogP contribution in [0, 0.1) is 11.6 Å². The van der Waals surface area contributed by atoms with Gasteiger partial charge in [0.25, 0.3) is 11.8 Å². The minimum absolute atomic E-state index is 0.0594. The second-order valence-electron chi connectivity index (χ2n) is 6.63. The van der Waals surface area contributed by atoms with Crippen LogP contribution in [0.25, 0.3) is 0 Å². The summed E-state index contributed by atoms with van der Waals surface area (Å²) in [6, 6.07) is 4.78. The number of likely N-dealkylation sites (N-methyl/N-ethyl adjacent to an activating group) is 1. The largest absolute Gasteiger partial charge is 0.337 e. The highest BCUT2D eigenvalue weighted by molar-refractivity contribution is 6.00. The molecule has 1 aliphatic heterocycles. The number of aromatic amines is 1. The van der Waals surface area contributed by atoms with Gasteiger partial charge in [0.2, 0.25) is 5.82 Å². The Bertz CT molecular complexity index is 1080. The van der Waals surface area contributed by atoms with Crippen LogP contribution in [0.3, 0.4) is 0 Å². The number of carbonyl (C=O) groups is 2. The number of carbonyl (C=O) groups excluding carboxylic acids is 2. The van der Waals surface area contributed by atoms with Gasteiger partial charge in [-0.15, -0.1) is 10.2 Å². The smallest absolute Gasteiger partial charge is 0.289 e. The van der Waals surface area contributed by atoms with E-state index in [-0.39, 0.29) is 29.5 Å². The first-order valence-electron chi connectivity index (χ1n) is 8.88. The minimum Gasteiger partial charge on any atom is -0.337 e. The van der Waals surface area contributed by atoms with Gasteiger partial charge in [0.15, 0.2) is 11.6 Å². The number of hydrogen-bond donors (Lipinski definition) is 2. The fraction of sp³-hybridized carbons (Fsp3) is 0.278. The first-order chi connectivity index (χ1) is 13.9. The van der Waals surface area contributed by atoms with Gasteiger partial charge in [-0.25, -0.2) is 13.5 Å². The highest BCUT2D eigenvalue weighted by Crippen LogP contribution is 2.19. The van der Waals surface area contributed by atoms with Crippen molar-refractivity contribution in [3.63, 3.8) is 0 Å². The third kappa shape index (κ3) is 3.58. The highest BCUT2D eigenvalue weighted by atomic mass is 19.2. The normalized spacial score (nSPS) is 16.4. The summed E-state index contributed by atoms with van der Waals surface area (Å²) < 4.78 is 28.8. The lowest BCUT2D eigenvalue weighted by atomic mass is 10.1. The average Bonchev–Trinajstić information content (AvgIpc) is 3.35. The van der Waals surface area contributed by atoms with E-state index < -0.39 is 23.6 Å². The summed E-state index contributed by atoms with van der Waals surface area (Å²) in [6.07, 6.45) is 1.91. The van der Waals surface area contributed by atoms with Crippen LogP contribution in [0.4, 0.5) is 14.6 Å². The molecule has 0 saturated heterocycles. The van der Waals surface area contributed by atoms with E-state index >= 15 is 0 Å². The Hall–Kier alpha value is -3.63. The Morgan fingerprint density at radius 1 is 1.31 bits per heavy atom. The molecule has 1 aliphatic rings. The molecule has 4 rings (SSSR count). The molecule has 0 bridgehead atoms. The van der Waals surface area contributed by atoms with Gasteiger partial charge in [0, 0.05) is 26.1 Å². The van der Waals surface area contributed by atoms with Gasteiger partial charge in [0.1, 0.15) is 17.7 Å². The Balaban J connectivity index is 1.45. The average molecular weight is 401 g/mol. The molecule has 29 heavy (non-hydrogen) atoms. The topological polar surface area (TPSA) is 109 Å². The van der Waals surface area contributed by atoms with Crippen molar-refractivity contribution in [2.75, 3.05) is 11.9 Å². The number of aromatic nitrogens is 5. The Labute approximate surface area is 163 Å². The molecular formula is C18H17F2N7O2. The number of benzene rings is 1. The van der Waals surface area contributed by atoms with Crippen LogP contribution in [0.1, 0.15) is 28.4 Å². The third-order valence-corrected chi connectivity index (χ3v) is 4.74. The number of anilines is 1. The summed E-state index contributed by atoms with van der Waals surface area (Å²) in [5, 5.41) is 14.4. The monoisotopic (exact) mass is 401 g/mol. The fourth-order valence-corrected chi connectivity index (χ4v) is 3.21. The Morgan fingerprint density at radius 3 is 2.97 bits per heavy atom. The second-order valence-corrected chi connectivity index (χ2v) is 6.63. The molecule has 2 amide bonds. The van der Waals surface area contributed by atoms with E-state index in [4.69, 9.17) is 0 Å². The van der Waals surface area contributed by atoms with Crippen molar-refractivity contribution in [1.82, 2.24) is 30.3 Å². The van der Waals surface area contributed by atoms with Gasteiger partial charge in [0.05, 0.1) is 6.20 Å². The van der Waals surface area contributed by atoms with Crippen LogP contribution in [-0.2, 0) is 17.8 Å². The lowest BCUT2D eigenvalue weighted by Gasteiger charge is -2.19. The van der Waals surface area contributed by atoms with Crippen LogP contribution >= 0.6 is 0 Å². The number of rotatable bonds is 4. The number of amides is 2. The molecule has 3 aromatic rings. The van der Waals surface area contributed by atoms with E-state index in [0.717, 1.165) is 6.07 Å². The zero-order chi connectivity index (χ0) is 20.5. The van der Waals surface area contributed by atoms with E-state index in [1.165, 1.54) is 17.0 Å². The van der Waals surface area contributed by atoms with Crippen molar-refractivity contribution < 1.29 is 18.4 Å². The molecule has 0 unspecified atom stereocenters. The maximum absolute atomic E-state index is 13.8. The number of hydrogen-bond acceptors (Lipinski definition) is 5. The summed E-state index contributed by atoms with van der Waals surface area (Å²) in [5.74, 6) is -2.10. The number of fused-ring (bicyclic) bond motifs is 1. The molecule has 0 radical (unpaired) electrons. The number of nitrogens with one attached hydrogen (secondary N) is 2. The van der Waals surface area contributed by atoms with Gasteiger partial charge in [-0.1, -0.05) is 12.1 Å². The van der Waals surface area contributed by atoms with Crippen LogP contribution < -0.4 is 10.2 Å². The standard InChI is InChI=1S/C18H17F2N7O2/c1-26-14-5-7-21-27(14)8-6-12(18(26)29)22-17(28)16-23-13(24-25-16)9-10-3-2-4-11(19)15(10)20/h2-5,7,12H,6,8-9H2,1H3,(H,22,28)(H,23,24,25)/t12-/m0/s1. The summed E-state index contributed by atoms with van der Waals surface area (Å²) in [6.45, 7) is 0.462. The predicted molar refractivity (Wildman–Crippen MR) is 97.1 cm³/mol. The van der Waals surface area contributed by atoms with Crippen LogP contribution in [-0.4, -0.2) is 49.9 Å². The van der Waals surface area contributed by atoms with Gasteiger partial charge in [-0.3, -0.25) is 14.5 Å². The molecular weight excluding hydrogens is 384 g/mol. The Kier molecular flexibility index (Phi) is 4.79. The highest BCUT2D eigenvalue weighted by Gasteiger charge is 2.30. The first kappa shape index (κ1) is 18.7. The number of nitrogens with zero attached hydrogens (tertiary/aromatic N) is 5. The van der Waals surface area contributed by atoms with E-state index in [2.05, 4.69) is 25.6 Å². The third-order valence-electron chi connectivity index (χ3n) is 4.74. The SMILES string of the molecule is CN1C(=O)[C@@H](NC(=O)c2nnc(Cc3cccc(F)c3F)[nH]2)CCn2nccc21. The fourth-order valence-electron chi connectivity index (χ4n) is 3.21. The van der Waals surface area contributed by atoms with Crippen molar-refractivity contribution in [1.29, 1.82) is 0 Å². The van der Waals surface area contributed by atoms with E-state index in [1.807, 2.05) is 0 Å². The van der Waals surface area contributed by atoms with Crippen LogP contribution in [0.15, 0.2) is 30.5 Å². The van der Waals surface area contributed by atoms with Crippen LogP contribution in [0.5, 0.6) is 0 Å². The molecule has 150 valence electrons. The molecule has 9 nitrogen and oxygen atoms in total. The van der Waals surface area contributed by atoms with Crippen LogP contribution in [0.2, 0.25) is 0 Å². The minimum atomic E-state index is -0.973. The van der Waals surface area contributed by atoms with Crippen molar-refractivity contribution >= 4 is 17.6 Å². The zero-order valence-electron chi connectivity index (χ0n) is 15.4. The molecule has 0 saturated carbocycles. The van der Waals surface area contributed by atoms with Crippen molar-refractivity contribution in [2.45, 2.75) is 25.4 Å². The van der Waals surface area contributed by atoms with Crippen molar-refractivity contribution in [2.24, 2.45) is 0 Å². The van der Waals surface area contributed by atoms with Gasteiger partial charge >= 0.3 is 0 Å². The van der Waals surface area contributed by atoms with Gasteiger partial charge < -0.3 is 10.3 Å². The summed E-state index contributed by atoms with van der Waals surface area (Å²) in [5.41, 5.74) is 0.0862. The summed E-state index contributed by atoms with van der Waals surface area (Å²) in [4.78, 5) is 29.3. The lowest BCUT2D eigenvalue weighted by Crippen LogP contribution is -2.47. The molecule has 3 heterocycles. The lowest BCUT2D eigenvalue weighted by molar-refractivity contribution is -0.120. The molecule has 0 spiro atoms. The van der Waals surface area contributed by atoms with Crippen molar-refractivity contribution in [3.05, 3.63) is 59.3 Å². The molecule has 0 aliphatic carbocycles. The quantitative estimate of drug-likeness (QED) is 0.679. The number of aryl methyl sites for hydroxylation is 1. The number of H-pyrrole nitrogens is 1. The molecule has 1 atom stereocenters. The summed E-state index contributed by atoms with van der Waals surface area (Å²) >= 11 is 0. The Morgan fingerprint density at radius 2 is 2.14 bits per heavy atom. The summed E-state index contributed by atoms with van der Waals surface area (Å²) in [7, 11) is 1.61. The van der Waals surface area contributed by atoms with Gasteiger partial charge in [-0.05, 0) is 18.1 Å². The van der Waals surface area contributed by atoms with E-state index in [0.29, 0.717) is 18.8 Å². The first-order valence-corrected chi connectivity index (χ1v) is 8.88. The van der Waals surface area contributed by atoms with Crippen molar-refractivity contribution in [3.8, 4) is 0 Å². The molecule has 11 heteroatoms. The number of halogens is 2. The molecule has 0 fully saturated rings. The maximum atomic E-state index is 13.8. The maximum Gasteiger partial charge on any atom is 0.289 e. The van der Waals surface area contributed by atoms with Gasteiger partial charge in [-0.2, -0.15) is 5.10 Å². The molecule has 2 aromatic heterocycles. The second kappa shape index (κ2) is 7.41. The molecule has 1 aromatic carbocycles. The zero-order valence-corrected chi connectivity index (χ0v) is 15.4. The van der Waals surface area contributed by atoms with E-state index in [1.54, 1.807) is 24.0 Å².